The van der Waals surface area contributed by atoms with Gasteiger partial charge in [-0.25, -0.2) is 0 Å². The van der Waals surface area contributed by atoms with Crippen LogP contribution in [0.4, 0.5) is 17.6 Å². The molecular weight excluding hydrogens is 256 g/mol. The zero-order valence-electron chi connectivity index (χ0n) is 9.37. The van der Waals surface area contributed by atoms with Gasteiger partial charge in [0.2, 0.25) is 0 Å². The predicted molar refractivity (Wildman–Crippen MR) is 54.8 cm³/mol. The van der Waals surface area contributed by atoms with Crippen LogP contribution in [0.3, 0.4) is 0 Å². The Morgan fingerprint density at radius 1 is 1.06 bits per heavy atom. The fourth-order valence-corrected chi connectivity index (χ4v) is 1.25. The zero-order chi connectivity index (χ0) is 13.7. The second-order valence-electron chi connectivity index (χ2n) is 3.39. The average molecular weight is 267 g/mol. The second kappa shape index (κ2) is 6.44. The van der Waals surface area contributed by atoms with Crippen LogP contribution in [0.1, 0.15) is 12.5 Å². The third-order valence-corrected chi connectivity index (χ3v) is 2.06. The smallest absolute Gasteiger partial charge is 0.387 e. The van der Waals surface area contributed by atoms with E-state index in [9.17, 15) is 17.6 Å². The molecule has 7 heteroatoms. The van der Waals surface area contributed by atoms with Crippen LogP contribution in [0.2, 0.25) is 0 Å². The molecule has 0 heterocycles. The van der Waals surface area contributed by atoms with Crippen LogP contribution in [-0.4, -0.2) is 24.9 Å². The Morgan fingerprint density at radius 3 is 1.83 bits per heavy atom. The molecule has 0 atom stereocenters. The molecule has 18 heavy (non-hydrogen) atoms. The van der Waals surface area contributed by atoms with E-state index in [0.29, 0.717) is 5.92 Å². The Labute approximate surface area is 101 Å². The first kappa shape index (κ1) is 14.6. The fourth-order valence-electron chi connectivity index (χ4n) is 1.25. The molecule has 0 aromatic heterocycles. The summed E-state index contributed by atoms with van der Waals surface area (Å²) in [6.07, 6.45) is 0. The van der Waals surface area contributed by atoms with Crippen molar-refractivity contribution >= 4 is 0 Å². The summed E-state index contributed by atoms with van der Waals surface area (Å²) in [6, 6.07) is 3.33. The Morgan fingerprint density at radius 2 is 1.50 bits per heavy atom. The molecule has 1 rings (SSSR count). The number of rotatable bonds is 6. The number of aliphatic hydroxyl groups excluding tert-OH is 1. The molecule has 0 bridgehead atoms. The highest BCUT2D eigenvalue weighted by Crippen LogP contribution is 2.29. The van der Waals surface area contributed by atoms with Crippen LogP contribution in [-0.2, 0) is 0 Å². The summed E-state index contributed by atoms with van der Waals surface area (Å²) in [6.45, 7) is -4.97. The van der Waals surface area contributed by atoms with Gasteiger partial charge in [0.1, 0.15) is 11.5 Å². The summed E-state index contributed by atoms with van der Waals surface area (Å²) in [4.78, 5) is 0. The minimum absolute atomic E-state index is 0.284. The van der Waals surface area contributed by atoms with Crippen molar-refractivity contribution in [3.05, 3.63) is 29.7 Å². The van der Waals surface area contributed by atoms with Crippen LogP contribution in [0.15, 0.2) is 18.2 Å². The van der Waals surface area contributed by atoms with Gasteiger partial charge in [-0.05, 0) is 17.7 Å². The second-order valence-corrected chi connectivity index (χ2v) is 3.39. The molecule has 0 fully saturated rings. The highest BCUT2D eigenvalue weighted by Gasteiger charge is 2.14. The van der Waals surface area contributed by atoms with E-state index in [2.05, 4.69) is 9.47 Å². The number of alkyl halides is 4. The zero-order valence-corrected chi connectivity index (χ0v) is 9.37. The molecule has 3 nitrogen and oxygen atoms in total. The van der Waals surface area contributed by atoms with Crippen molar-refractivity contribution in [2.75, 3.05) is 6.61 Å². The molecule has 0 aliphatic rings. The number of aliphatic hydroxyl groups is 1. The molecule has 0 aliphatic carbocycles. The van der Waals surface area contributed by atoms with Crippen molar-refractivity contribution < 1.29 is 32.1 Å². The van der Waals surface area contributed by atoms with Crippen molar-refractivity contribution in [1.29, 1.82) is 0 Å². The lowest BCUT2D eigenvalue weighted by Crippen LogP contribution is -2.07. The maximum Gasteiger partial charge on any atom is 0.387 e. The number of hydrogen-bond acceptors (Lipinski definition) is 3. The number of benzene rings is 1. The number of hydrogen-bond donors (Lipinski definition) is 1. The van der Waals surface area contributed by atoms with Gasteiger partial charge in [0.15, 0.2) is 0 Å². The summed E-state index contributed by atoms with van der Waals surface area (Å²) >= 11 is 0. The van der Waals surface area contributed by atoms with Gasteiger partial charge in [-0.1, -0.05) is 6.92 Å². The number of halogens is 4. The summed E-state index contributed by atoms with van der Waals surface area (Å²) in [5, 5.41) is 8.92. The van der Waals surface area contributed by atoms with Crippen LogP contribution in [0.5, 0.6) is 11.5 Å². The van der Waals surface area contributed by atoms with Crippen LogP contribution < -0.4 is 9.47 Å². The molecule has 0 amide bonds. The van der Waals surface area contributed by atoms with Crippen LogP contribution >= 0.6 is 0 Å². The van der Waals surface area contributed by atoms with Crippen LogP contribution in [0.25, 0.3) is 0 Å². The van der Waals surface area contributed by atoms with E-state index in [0.717, 1.165) is 6.07 Å². The highest BCUT2D eigenvalue weighted by atomic mass is 19.3. The normalized spacial score (nSPS) is 11.4. The van der Waals surface area contributed by atoms with E-state index in [-0.39, 0.29) is 23.7 Å². The van der Waals surface area contributed by atoms with E-state index in [1.165, 1.54) is 19.1 Å². The van der Waals surface area contributed by atoms with Gasteiger partial charge < -0.3 is 14.6 Å². The van der Waals surface area contributed by atoms with E-state index in [1.54, 1.807) is 0 Å². The van der Waals surface area contributed by atoms with Gasteiger partial charge in [0.05, 0.1) is 6.61 Å². The lowest BCUT2D eigenvalue weighted by molar-refractivity contribution is -0.0543. The lowest BCUT2D eigenvalue weighted by atomic mass is 10.0. The maximum absolute atomic E-state index is 12.1. The predicted octanol–water partition coefficient (Wildman–Crippen LogP) is 2.82. The Kier molecular flexibility index (Phi) is 5.21. The van der Waals surface area contributed by atoms with Gasteiger partial charge in [0, 0.05) is 12.0 Å². The monoisotopic (exact) mass is 267 g/mol. The van der Waals surface area contributed by atoms with Gasteiger partial charge in [0.25, 0.3) is 0 Å². The summed E-state index contributed by atoms with van der Waals surface area (Å²) in [7, 11) is 0. The van der Waals surface area contributed by atoms with E-state index in [4.69, 9.17) is 5.11 Å². The molecule has 0 spiro atoms. The van der Waals surface area contributed by atoms with Gasteiger partial charge in [-0.15, -0.1) is 0 Å². The minimum atomic E-state index is -3.07. The highest BCUT2D eigenvalue weighted by molar-refractivity contribution is 5.44. The Bertz CT molecular complexity index is 356. The molecule has 0 unspecified atom stereocenters. The fraction of sp³-hybridized carbons (Fsp3) is 0.364. The summed E-state index contributed by atoms with van der Waals surface area (Å²) in [5.74, 6) is -0.217. The molecule has 0 aliphatic heterocycles. The SMILES string of the molecule is C[C](CO)c1cc(OC(F)F)cc(OC(F)F)c1. The lowest BCUT2D eigenvalue weighted by Gasteiger charge is -2.13. The first-order chi connectivity index (χ1) is 8.42. The van der Waals surface area contributed by atoms with Crippen molar-refractivity contribution in [2.45, 2.75) is 20.1 Å². The molecular formula is C11H11F4O3. The number of ether oxygens (including phenoxy) is 2. The maximum atomic E-state index is 12.1. The molecule has 1 aromatic rings. The van der Waals surface area contributed by atoms with Crippen molar-refractivity contribution in [2.24, 2.45) is 0 Å². The Balaban J connectivity index is 3.03. The molecule has 1 N–H and O–H groups in total. The molecule has 1 radical (unpaired) electrons. The standard InChI is InChI=1S/C11H11F4O3/c1-6(5-16)7-2-8(17-10(12)13)4-9(3-7)18-11(14)15/h2-4,10-11,16H,5H2,1H3. The van der Waals surface area contributed by atoms with E-state index < -0.39 is 13.2 Å². The molecule has 1 aromatic carbocycles. The largest absolute Gasteiger partial charge is 0.435 e. The molecule has 0 saturated heterocycles. The summed E-state index contributed by atoms with van der Waals surface area (Å²) in [5.41, 5.74) is 0.284. The summed E-state index contributed by atoms with van der Waals surface area (Å²) < 4.78 is 56.5. The third kappa shape index (κ3) is 4.40. The molecule has 101 valence electrons. The topological polar surface area (TPSA) is 38.7 Å². The van der Waals surface area contributed by atoms with Crippen molar-refractivity contribution in [3.8, 4) is 11.5 Å². The first-order valence-corrected chi connectivity index (χ1v) is 4.90. The van der Waals surface area contributed by atoms with E-state index >= 15 is 0 Å². The first-order valence-electron chi connectivity index (χ1n) is 4.90. The van der Waals surface area contributed by atoms with Crippen molar-refractivity contribution in [1.82, 2.24) is 0 Å². The third-order valence-electron chi connectivity index (χ3n) is 2.06. The average Bonchev–Trinajstić information content (AvgIpc) is 2.25. The van der Waals surface area contributed by atoms with Crippen LogP contribution in [0, 0.1) is 5.92 Å². The molecule has 0 saturated carbocycles. The quantitative estimate of drug-likeness (QED) is 0.805. The van der Waals surface area contributed by atoms with Crippen molar-refractivity contribution in [3.63, 3.8) is 0 Å². The van der Waals surface area contributed by atoms with Gasteiger partial charge in [-0.2, -0.15) is 17.6 Å². The van der Waals surface area contributed by atoms with E-state index in [1.807, 2.05) is 0 Å². The Hall–Kier alpha value is -1.50. The van der Waals surface area contributed by atoms with Gasteiger partial charge in [-0.3, -0.25) is 0 Å². The van der Waals surface area contributed by atoms with Gasteiger partial charge >= 0.3 is 13.2 Å². The minimum Gasteiger partial charge on any atom is -0.435 e.